The topological polar surface area (TPSA) is 96.8 Å². The van der Waals surface area contributed by atoms with Crippen LogP contribution in [-0.2, 0) is 14.3 Å². The van der Waals surface area contributed by atoms with Crippen LogP contribution in [0.2, 0.25) is 10.4 Å². The van der Waals surface area contributed by atoms with Crippen molar-refractivity contribution in [2.45, 2.75) is 20.0 Å². The SMILES string of the molecule is CCOC(=O)C(C)Oc1ccc(Oc2nc(Cl)nc(Cl)c2C(=O)OC)cc1. The van der Waals surface area contributed by atoms with Gasteiger partial charge in [-0.05, 0) is 49.7 Å². The number of methoxy groups -OCH3 is 1. The lowest BCUT2D eigenvalue weighted by molar-refractivity contribution is -0.150. The third-order valence-corrected chi connectivity index (χ3v) is 3.61. The first kappa shape index (κ1) is 20.7. The minimum atomic E-state index is -0.769. The van der Waals surface area contributed by atoms with Crippen molar-refractivity contribution in [3.63, 3.8) is 0 Å². The van der Waals surface area contributed by atoms with Crippen LogP contribution in [0.4, 0.5) is 0 Å². The maximum Gasteiger partial charge on any atom is 0.347 e. The minimum absolute atomic E-state index is 0.152. The van der Waals surface area contributed by atoms with Crippen LogP contribution in [0.25, 0.3) is 0 Å². The van der Waals surface area contributed by atoms with E-state index in [0.717, 1.165) is 0 Å². The van der Waals surface area contributed by atoms with Crippen molar-refractivity contribution in [1.82, 2.24) is 9.97 Å². The van der Waals surface area contributed by atoms with Crippen LogP contribution in [0.15, 0.2) is 24.3 Å². The van der Waals surface area contributed by atoms with Gasteiger partial charge >= 0.3 is 11.9 Å². The number of ether oxygens (including phenoxy) is 4. The molecule has 1 heterocycles. The largest absolute Gasteiger partial charge is 0.479 e. The minimum Gasteiger partial charge on any atom is -0.479 e. The van der Waals surface area contributed by atoms with Crippen molar-refractivity contribution in [3.05, 3.63) is 40.3 Å². The fraction of sp³-hybridized carbons (Fsp3) is 0.294. The molecule has 0 bridgehead atoms. The maximum absolute atomic E-state index is 11.9. The van der Waals surface area contributed by atoms with Gasteiger partial charge in [-0.1, -0.05) is 11.6 Å². The molecule has 1 atom stereocenters. The Kier molecular flexibility index (Phi) is 7.20. The van der Waals surface area contributed by atoms with Gasteiger partial charge in [-0.3, -0.25) is 0 Å². The van der Waals surface area contributed by atoms with Gasteiger partial charge in [-0.2, -0.15) is 4.98 Å². The molecule has 0 spiro atoms. The summed E-state index contributed by atoms with van der Waals surface area (Å²) in [7, 11) is 1.19. The van der Waals surface area contributed by atoms with Gasteiger partial charge in [-0.25, -0.2) is 14.6 Å². The fourth-order valence-corrected chi connectivity index (χ4v) is 2.39. The number of hydrogen-bond acceptors (Lipinski definition) is 8. The second-order valence-electron chi connectivity index (χ2n) is 5.04. The van der Waals surface area contributed by atoms with Crippen LogP contribution in [0.5, 0.6) is 17.4 Å². The lowest BCUT2D eigenvalue weighted by atomic mass is 10.3. The fourth-order valence-electron chi connectivity index (χ4n) is 1.95. The molecule has 0 aliphatic rings. The van der Waals surface area contributed by atoms with Gasteiger partial charge in [-0.15, -0.1) is 0 Å². The molecular weight excluding hydrogens is 399 g/mol. The van der Waals surface area contributed by atoms with Crippen molar-refractivity contribution < 1.29 is 28.5 Å². The smallest absolute Gasteiger partial charge is 0.347 e. The predicted molar refractivity (Wildman–Crippen MR) is 96.6 cm³/mol. The molecule has 0 amide bonds. The summed E-state index contributed by atoms with van der Waals surface area (Å²) in [5.74, 6) is -0.641. The Morgan fingerprint density at radius 3 is 2.33 bits per heavy atom. The van der Waals surface area contributed by atoms with Gasteiger partial charge in [0.15, 0.2) is 16.8 Å². The average Bonchev–Trinajstić information content (AvgIpc) is 2.62. The van der Waals surface area contributed by atoms with E-state index in [2.05, 4.69) is 14.7 Å². The van der Waals surface area contributed by atoms with Gasteiger partial charge in [0.25, 0.3) is 0 Å². The third-order valence-electron chi connectivity index (χ3n) is 3.16. The maximum atomic E-state index is 11.9. The van der Waals surface area contributed by atoms with Gasteiger partial charge < -0.3 is 18.9 Å². The lowest BCUT2D eigenvalue weighted by Gasteiger charge is -2.14. The molecule has 144 valence electrons. The van der Waals surface area contributed by atoms with E-state index < -0.39 is 18.0 Å². The average molecular weight is 415 g/mol. The molecule has 1 aromatic heterocycles. The number of esters is 2. The number of hydrogen-bond donors (Lipinski definition) is 0. The van der Waals surface area contributed by atoms with E-state index in [9.17, 15) is 9.59 Å². The van der Waals surface area contributed by atoms with E-state index >= 15 is 0 Å². The molecule has 0 N–H and O–H groups in total. The molecule has 0 saturated heterocycles. The zero-order valence-corrected chi connectivity index (χ0v) is 16.2. The summed E-state index contributed by atoms with van der Waals surface area (Å²) in [6.07, 6.45) is -0.762. The zero-order valence-electron chi connectivity index (χ0n) is 14.7. The zero-order chi connectivity index (χ0) is 20.0. The molecule has 1 unspecified atom stereocenters. The second-order valence-corrected chi connectivity index (χ2v) is 5.74. The van der Waals surface area contributed by atoms with Crippen molar-refractivity contribution in [3.8, 4) is 17.4 Å². The van der Waals surface area contributed by atoms with Crippen molar-refractivity contribution in [2.24, 2.45) is 0 Å². The number of rotatable bonds is 7. The van der Waals surface area contributed by atoms with Crippen molar-refractivity contribution in [1.29, 1.82) is 0 Å². The van der Waals surface area contributed by atoms with Gasteiger partial charge in [0.1, 0.15) is 11.5 Å². The number of nitrogens with zero attached hydrogens (tertiary/aromatic N) is 2. The molecular formula is C17H16Cl2N2O6. The highest BCUT2D eigenvalue weighted by atomic mass is 35.5. The molecule has 0 fully saturated rings. The van der Waals surface area contributed by atoms with Crippen LogP contribution >= 0.6 is 23.2 Å². The number of benzene rings is 1. The van der Waals surface area contributed by atoms with E-state index in [4.69, 9.17) is 37.4 Å². The highest BCUT2D eigenvalue weighted by molar-refractivity contribution is 6.34. The van der Waals surface area contributed by atoms with E-state index in [0.29, 0.717) is 11.5 Å². The van der Waals surface area contributed by atoms with Crippen LogP contribution < -0.4 is 9.47 Å². The standard InChI is InChI=1S/C17H16Cl2N2O6/c1-4-25-15(22)9(2)26-10-5-7-11(8-6-10)27-14-12(16(23)24-3)13(18)20-17(19)21-14/h5-9H,4H2,1-3H3. The summed E-state index contributed by atoms with van der Waals surface area (Å²) in [5, 5.41) is -0.383. The third kappa shape index (κ3) is 5.45. The molecule has 0 aliphatic carbocycles. The van der Waals surface area contributed by atoms with Crippen LogP contribution in [-0.4, -0.2) is 41.7 Å². The highest BCUT2D eigenvalue weighted by Gasteiger charge is 2.22. The van der Waals surface area contributed by atoms with Crippen LogP contribution in [0.3, 0.4) is 0 Å². The summed E-state index contributed by atoms with van der Waals surface area (Å²) in [6.45, 7) is 3.56. The molecule has 2 aromatic rings. The van der Waals surface area contributed by atoms with E-state index in [1.54, 1.807) is 38.1 Å². The Bertz CT molecular complexity index is 829. The Hall–Kier alpha value is -2.58. The molecule has 0 saturated carbocycles. The first-order valence-corrected chi connectivity index (χ1v) is 8.53. The van der Waals surface area contributed by atoms with Gasteiger partial charge in [0, 0.05) is 0 Å². The molecule has 2 rings (SSSR count). The summed E-state index contributed by atoms with van der Waals surface area (Å²) < 4.78 is 20.6. The molecule has 27 heavy (non-hydrogen) atoms. The number of carbonyl (C=O) groups excluding carboxylic acids is 2. The first-order chi connectivity index (χ1) is 12.8. The van der Waals surface area contributed by atoms with Gasteiger partial charge in [0.05, 0.1) is 13.7 Å². The Morgan fingerprint density at radius 1 is 1.11 bits per heavy atom. The monoisotopic (exact) mass is 414 g/mol. The second kappa shape index (κ2) is 9.38. The number of halogens is 2. The van der Waals surface area contributed by atoms with Crippen LogP contribution in [0.1, 0.15) is 24.2 Å². The quantitative estimate of drug-likeness (QED) is 0.384. The predicted octanol–water partition coefficient (Wildman–Crippen LogP) is 3.69. The Labute approximate surface area is 165 Å². The Balaban J connectivity index is 2.17. The Morgan fingerprint density at radius 2 is 1.74 bits per heavy atom. The number of carbonyl (C=O) groups is 2. The molecule has 10 heteroatoms. The van der Waals surface area contributed by atoms with Gasteiger partial charge in [0.2, 0.25) is 11.2 Å². The summed E-state index contributed by atoms with van der Waals surface area (Å²) in [5.41, 5.74) is -0.153. The first-order valence-electron chi connectivity index (χ1n) is 7.78. The molecule has 1 aromatic carbocycles. The normalized spacial score (nSPS) is 11.4. The van der Waals surface area contributed by atoms with E-state index in [1.807, 2.05) is 0 Å². The molecule has 0 aliphatic heterocycles. The number of aromatic nitrogens is 2. The van der Waals surface area contributed by atoms with E-state index in [-0.39, 0.29) is 28.5 Å². The summed E-state index contributed by atoms with van der Waals surface area (Å²) in [4.78, 5) is 31.0. The highest BCUT2D eigenvalue weighted by Crippen LogP contribution is 2.30. The van der Waals surface area contributed by atoms with Crippen LogP contribution in [0, 0.1) is 0 Å². The lowest BCUT2D eigenvalue weighted by Crippen LogP contribution is -2.25. The summed E-state index contributed by atoms with van der Waals surface area (Å²) >= 11 is 11.7. The van der Waals surface area contributed by atoms with Crippen molar-refractivity contribution >= 4 is 35.1 Å². The molecule has 0 radical (unpaired) electrons. The summed E-state index contributed by atoms with van der Waals surface area (Å²) in [6, 6.07) is 6.26. The molecule has 8 nitrogen and oxygen atoms in total. The van der Waals surface area contributed by atoms with E-state index in [1.165, 1.54) is 7.11 Å². The van der Waals surface area contributed by atoms with Crippen molar-refractivity contribution in [2.75, 3.05) is 13.7 Å².